The number of piperazine rings is 1. The standard InChI is InChI=1S/C36H42FN7O7/c1-24(43(31-13-12-28(49-2)22-32(31)50-3)35(47)38-26-10-8-25(37)9-11-26)33-39-30-7-5-4-6-29(30)34(46)44(33)42-18-16-41(17-19-42)36(48)51-21-20-40-15-14-27(45)23-40/h4-13,22,24,27,45H,14-21,23H2,1-3H3,(H,38,47). The van der Waals surface area contributed by atoms with E-state index < -0.39 is 24.0 Å². The summed E-state index contributed by atoms with van der Waals surface area (Å²) in [6, 6.07) is 16.0. The van der Waals surface area contributed by atoms with Crippen molar-refractivity contribution in [3.8, 4) is 11.5 Å². The average molecular weight is 704 g/mol. The molecule has 3 amide bonds. The van der Waals surface area contributed by atoms with Gasteiger partial charge in [-0.25, -0.2) is 23.6 Å². The van der Waals surface area contributed by atoms with Crippen molar-refractivity contribution in [2.45, 2.75) is 25.5 Å². The molecule has 3 heterocycles. The van der Waals surface area contributed by atoms with Gasteiger partial charge in [-0.3, -0.25) is 14.6 Å². The summed E-state index contributed by atoms with van der Waals surface area (Å²) in [6.07, 6.45) is -0.0739. The number of carbonyl (C=O) groups excluding carboxylic acids is 2. The van der Waals surface area contributed by atoms with Crippen LogP contribution in [0.3, 0.4) is 0 Å². The van der Waals surface area contributed by atoms with E-state index in [0.29, 0.717) is 66.4 Å². The molecular formula is C36H42FN7O7. The fourth-order valence-electron chi connectivity index (χ4n) is 6.44. The Balaban J connectivity index is 1.31. The fourth-order valence-corrected chi connectivity index (χ4v) is 6.44. The van der Waals surface area contributed by atoms with Gasteiger partial charge < -0.3 is 34.5 Å². The van der Waals surface area contributed by atoms with Gasteiger partial charge in [0.1, 0.15) is 23.9 Å². The molecule has 2 unspecified atom stereocenters. The third-order valence-corrected chi connectivity index (χ3v) is 9.18. The van der Waals surface area contributed by atoms with Gasteiger partial charge in [-0.05, 0) is 61.9 Å². The van der Waals surface area contributed by atoms with Gasteiger partial charge in [0.2, 0.25) is 0 Å². The monoisotopic (exact) mass is 703 g/mol. The highest BCUT2D eigenvalue weighted by molar-refractivity contribution is 6.03. The summed E-state index contributed by atoms with van der Waals surface area (Å²) >= 11 is 0. The van der Waals surface area contributed by atoms with Crippen LogP contribution in [0.25, 0.3) is 10.9 Å². The number of likely N-dealkylation sites (tertiary alicyclic amines) is 1. The van der Waals surface area contributed by atoms with E-state index in [4.69, 9.17) is 19.2 Å². The second kappa shape index (κ2) is 15.6. The molecule has 0 aliphatic carbocycles. The molecule has 0 spiro atoms. The van der Waals surface area contributed by atoms with Crippen LogP contribution in [0.1, 0.15) is 25.2 Å². The maximum Gasteiger partial charge on any atom is 0.409 e. The lowest BCUT2D eigenvalue weighted by Crippen LogP contribution is -2.57. The number of carbonyl (C=O) groups is 2. The number of methoxy groups -OCH3 is 2. The Hall–Kier alpha value is -5.41. The molecule has 2 aliphatic rings. The highest BCUT2D eigenvalue weighted by atomic mass is 19.1. The van der Waals surface area contributed by atoms with E-state index in [2.05, 4.69) is 10.2 Å². The summed E-state index contributed by atoms with van der Waals surface area (Å²) in [5, 5.41) is 14.8. The van der Waals surface area contributed by atoms with Gasteiger partial charge in [-0.2, -0.15) is 0 Å². The molecule has 2 N–H and O–H groups in total. The molecule has 270 valence electrons. The number of halogens is 1. The zero-order valence-corrected chi connectivity index (χ0v) is 28.8. The molecule has 0 saturated carbocycles. The van der Waals surface area contributed by atoms with Crippen molar-refractivity contribution >= 4 is 34.4 Å². The number of β-amino-alcohol motifs (C(OH)–C–C–N with tert-alkyl or cyclic N) is 1. The summed E-state index contributed by atoms with van der Waals surface area (Å²) in [7, 11) is 3.00. The van der Waals surface area contributed by atoms with Crippen molar-refractivity contribution in [3.63, 3.8) is 0 Å². The second-order valence-electron chi connectivity index (χ2n) is 12.4. The van der Waals surface area contributed by atoms with Crippen LogP contribution in [0.5, 0.6) is 11.5 Å². The minimum absolute atomic E-state index is 0.214. The quantitative estimate of drug-likeness (QED) is 0.251. The maximum absolute atomic E-state index is 14.3. The van der Waals surface area contributed by atoms with Gasteiger partial charge >= 0.3 is 12.1 Å². The number of nitrogens with one attached hydrogen (secondary N) is 1. The normalized spacial score (nSPS) is 16.9. The molecule has 2 fully saturated rings. The Morgan fingerprint density at radius 2 is 1.76 bits per heavy atom. The number of aromatic nitrogens is 2. The molecule has 2 saturated heterocycles. The lowest BCUT2D eigenvalue weighted by Gasteiger charge is -2.39. The molecule has 1 aromatic heterocycles. The Morgan fingerprint density at radius 1 is 1.02 bits per heavy atom. The van der Waals surface area contributed by atoms with Gasteiger partial charge in [-0.15, -0.1) is 0 Å². The van der Waals surface area contributed by atoms with E-state index in [1.165, 1.54) is 48.1 Å². The van der Waals surface area contributed by atoms with Crippen molar-refractivity contribution in [3.05, 3.63) is 88.7 Å². The topological polar surface area (TPSA) is 142 Å². The molecule has 3 aromatic carbocycles. The minimum Gasteiger partial charge on any atom is -0.497 e. The lowest BCUT2D eigenvalue weighted by atomic mass is 10.1. The molecule has 15 heteroatoms. The van der Waals surface area contributed by atoms with E-state index >= 15 is 0 Å². The Bertz CT molecular complexity index is 1920. The summed E-state index contributed by atoms with van der Waals surface area (Å²) in [5.41, 5.74) is 0.854. The van der Waals surface area contributed by atoms with Crippen LogP contribution >= 0.6 is 0 Å². The highest BCUT2D eigenvalue weighted by Gasteiger charge is 2.33. The first-order chi connectivity index (χ1) is 24.7. The largest absolute Gasteiger partial charge is 0.497 e. The summed E-state index contributed by atoms with van der Waals surface area (Å²) in [4.78, 5) is 51.5. The van der Waals surface area contributed by atoms with E-state index in [0.717, 1.165) is 6.54 Å². The first-order valence-corrected chi connectivity index (χ1v) is 16.8. The maximum atomic E-state index is 14.3. The van der Waals surface area contributed by atoms with Gasteiger partial charge in [0, 0.05) is 44.5 Å². The number of hydrogen-bond acceptors (Lipinski definition) is 10. The van der Waals surface area contributed by atoms with Gasteiger partial charge in [0.05, 0.1) is 56.0 Å². The van der Waals surface area contributed by atoms with Crippen LogP contribution in [0.2, 0.25) is 0 Å². The number of ether oxygens (including phenoxy) is 3. The van der Waals surface area contributed by atoms with Crippen molar-refractivity contribution in [2.24, 2.45) is 0 Å². The van der Waals surface area contributed by atoms with Crippen LogP contribution in [-0.4, -0.2) is 109 Å². The lowest BCUT2D eigenvalue weighted by molar-refractivity contribution is 0.0874. The predicted molar refractivity (Wildman–Crippen MR) is 190 cm³/mol. The van der Waals surface area contributed by atoms with Crippen LogP contribution in [0, 0.1) is 5.82 Å². The van der Waals surface area contributed by atoms with Crippen molar-refractivity contribution in [1.29, 1.82) is 0 Å². The average Bonchev–Trinajstić information content (AvgIpc) is 3.57. The van der Waals surface area contributed by atoms with E-state index in [1.54, 1.807) is 54.3 Å². The number of urea groups is 1. The van der Waals surface area contributed by atoms with Crippen molar-refractivity contribution < 1.29 is 33.3 Å². The molecular weight excluding hydrogens is 661 g/mol. The van der Waals surface area contributed by atoms with E-state index in [1.807, 2.05) is 5.01 Å². The van der Waals surface area contributed by atoms with E-state index in [-0.39, 0.29) is 37.2 Å². The second-order valence-corrected chi connectivity index (χ2v) is 12.4. The first-order valence-electron chi connectivity index (χ1n) is 16.8. The molecule has 2 atom stereocenters. The first kappa shape index (κ1) is 35.4. The fraction of sp³-hybridized carbons (Fsp3) is 0.389. The Labute approximate surface area is 294 Å². The minimum atomic E-state index is -0.864. The van der Waals surface area contributed by atoms with Crippen LogP contribution < -0.4 is 30.3 Å². The molecule has 14 nitrogen and oxygen atoms in total. The van der Waals surface area contributed by atoms with Gasteiger partial charge in [-0.1, -0.05) is 12.1 Å². The molecule has 0 bridgehead atoms. The van der Waals surface area contributed by atoms with Gasteiger partial charge in [0.25, 0.3) is 5.56 Å². The molecule has 4 aromatic rings. The van der Waals surface area contributed by atoms with Crippen molar-refractivity contribution in [1.82, 2.24) is 19.5 Å². The Kier molecular flexibility index (Phi) is 10.9. The number of aliphatic hydroxyl groups is 1. The highest BCUT2D eigenvalue weighted by Crippen LogP contribution is 2.37. The van der Waals surface area contributed by atoms with Crippen molar-refractivity contribution in [2.75, 3.05) is 81.9 Å². The number of hydrogen-bond donors (Lipinski definition) is 2. The smallest absolute Gasteiger partial charge is 0.409 e. The zero-order valence-electron chi connectivity index (χ0n) is 28.8. The molecule has 51 heavy (non-hydrogen) atoms. The SMILES string of the molecule is COc1ccc(N(C(=O)Nc2ccc(F)cc2)C(C)c2nc3ccccc3c(=O)n2N2CCN(C(=O)OCCN3CCC(O)C3)CC2)c(OC)c1. The van der Waals surface area contributed by atoms with Gasteiger partial charge in [0.15, 0.2) is 5.82 Å². The summed E-state index contributed by atoms with van der Waals surface area (Å²) in [6.45, 7) is 5.02. The number of para-hydroxylation sites is 1. The molecule has 6 rings (SSSR count). The number of fused-ring (bicyclic) bond motifs is 1. The third kappa shape index (κ3) is 7.84. The number of nitrogens with zero attached hydrogens (tertiary/aromatic N) is 6. The van der Waals surface area contributed by atoms with Crippen LogP contribution in [-0.2, 0) is 4.74 Å². The summed E-state index contributed by atoms with van der Waals surface area (Å²) < 4.78 is 31.8. The third-order valence-electron chi connectivity index (χ3n) is 9.18. The zero-order chi connectivity index (χ0) is 36.1. The van der Waals surface area contributed by atoms with Crippen LogP contribution in [0.15, 0.2) is 71.5 Å². The number of anilines is 2. The number of aliphatic hydroxyl groups excluding tert-OH is 1. The summed E-state index contributed by atoms with van der Waals surface area (Å²) in [5.74, 6) is 0.664. The van der Waals surface area contributed by atoms with Crippen LogP contribution in [0.4, 0.5) is 25.4 Å². The molecule has 0 radical (unpaired) electrons. The predicted octanol–water partition coefficient (Wildman–Crippen LogP) is 3.81. The number of amides is 3. The molecule has 2 aliphatic heterocycles. The van der Waals surface area contributed by atoms with E-state index in [9.17, 15) is 23.9 Å². The number of benzene rings is 3. The number of rotatable bonds is 10. The Morgan fingerprint density at radius 3 is 2.45 bits per heavy atom.